The lowest BCUT2D eigenvalue weighted by Crippen LogP contribution is -2.23. The number of hydrogen-bond donors (Lipinski definition) is 0. The fourth-order valence-corrected chi connectivity index (χ4v) is 4.56. The summed E-state index contributed by atoms with van der Waals surface area (Å²) in [7, 11) is 0. The Morgan fingerprint density at radius 3 is 2.65 bits per heavy atom. The minimum absolute atomic E-state index is 0.471. The van der Waals surface area contributed by atoms with Crippen molar-refractivity contribution < 1.29 is 0 Å². The monoisotopic (exact) mass is 404 g/mol. The van der Waals surface area contributed by atoms with Crippen LogP contribution in [-0.4, -0.2) is 4.98 Å². The van der Waals surface area contributed by atoms with Gasteiger partial charge in [0.2, 0.25) is 0 Å². The Labute approximate surface area is 185 Å². The van der Waals surface area contributed by atoms with Gasteiger partial charge in [0.25, 0.3) is 0 Å². The van der Waals surface area contributed by atoms with Crippen LogP contribution >= 0.6 is 0 Å². The van der Waals surface area contributed by atoms with Crippen molar-refractivity contribution in [1.29, 1.82) is 0 Å². The molecule has 0 amide bonds. The summed E-state index contributed by atoms with van der Waals surface area (Å²) >= 11 is 0. The fraction of sp³-hybridized carbons (Fsp3) is 0.207. The number of aryl methyl sites for hydroxylation is 1. The lowest BCUT2D eigenvalue weighted by molar-refractivity contribution is 0.742. The number of rotatable bonds is 5. The third-order valence-electron chi connectivity index (χ3n) is 6.31. The Kier molecular flexibility index (Phi) is 5.54. The van der Waals surface area contributed by atoms with Crippen LogP contribution in [0.4, 0.5) is 5.69 Å². The molecule has 0 N–H and O–H groups in total. The van der Waals surface area contributed by atoms with E-state index in [9.17, 15) is 0 Å². The van der Waals surface area contributed by atoms with E-state index in [1.54, 1.807) is 0 Å². The van der Waals surface area contributed by atoms with Gasteiger partial charge in [-0.15, -0.1) is 0 Å². The molecule has 2 aromatic rings. The van der Waals surface area contributed by atoms with Crippen molar-refractivity contribution in [1.82, 2.24) is 4.98 Å². The van der Waals surface area contributed by atoms with Crippen LogP contribution in [0.5, 0.6) is 0 Å². The van der Waals surface area contributed by atoms with E-state index in [0.29, 0.717) is 5.92 Å². The van der Waals surface area contributed by atoms with Crippen LogP contribution in [0.3, 0.4) is 0 Å². The van der Waals surface area contributed by atoms with Crippen molar-refractivity contribution in [3.05, 3.63) is 125 Å². The quantitative estimate of drug-likeness (QED) is 0.519. The molecule has 1 atom stereocenters. The number of benzene rings is 1. The number of anilines is 1. The van der Waals surface area contributed by atoms with E-state index in [-0.39, 0.29) is 0 Å². The van der Waals surface area contributed by atoms with E-state index in [0.717, 1.165) is 31.4 Å². The third-order valence-corrected chi connectivity index (χ3v) is 6.31. The van der Waals surface area contributed by atoms with Crippen molar-refractivity contribution in [2.75, 3.05) is 4.90 Å². The molecule has 0 spiro atoms. The molecule has 0 fully saturated rings. The summed E-state index contributed by atoms with van der Waals surface area (Å²) in [6.45, 7) is 2.14. The molecular weight excluding hydrogens is 376 g/mol. The predicted octanol–water partition coefficient (Wildman–Crippen LogP) is 7.30. The van der Waals surface area contributed by atoms with Gasteiger partial charge in [-0.05, 0) is 68.0 Å². The molecule has 3 aliphatic rings. The molecule has 2 heteroatoms. The molecule has 0 radical (unpaired) electrons. The molecule has 1 heterocycles. The summed E-state index contributed by atoms with van der Waals surface area (Å²) in [5.74, 6) is 0.471. The highest BCUT2D eigenvalue weighted by Crippen LogP contribution is 2.37. The largest absolute Gasteiger partial charge is 0.313 e. The van der Waals surface area contributed by atoms with E-state index >= 15 is 0 Å². The van der Waals surface area contributed by atoms with E-state index in [4.69, 9.17) is 0 Å². The molecular formula is C29H28N2. The maximum atomic E-state index is 4.36. The van der Waals surface area contributed by atoms with Crippen molar-refractivity contribution in [2.45, 2.75) is 32.6 Å². The van der Waals surface area contributed by atoms with Gasteiger partial charge in [-0.25, -0.2) is 0 Å². The van der Waals surface area contributed by atoms with Crippen LogP contribution in [0.25, 0.3) is 5.57 Å². The topological polar surface area (TPSA) is 16.1 Å². The highest BCUT2D eigenvalue weighted by molar-refractivity contribution is 5.73. The first kappa shape index (κ1) is 19.6. The van der Waals surface area contributed by atoms with Gasteiger partial charge in [0, 0.05) is 23.5 Å². The first-order chi connectivity index (χ1) is 15.3. The maximum Gasteiger partial charge on any atom is 0.0641 e. The predicted molar refractivity (Wildman–Crippen MR) is 130 cm³/mol. The first-order valence-corrected chi connectivity index (χ1v) is 11.2. The van der Waals surface area contributed by atoms with Crippen molar-refractivity contribution >= 4 is 11.3 Å². The molecule has 154 valence electrons. The zero-order chi connectivity index (χ0) is 21.0. The summed E-state index contributed by atoms with van der Waals surface area (Å²) in [4.78, 5) is 6.72. The normalized spacial score (nSPS) is 20.1. The average Bonchev–Trinajstić information content (AvgIpc) is 3.32. The molecule has 2 nitrogen and oxygen atoms in total. The molecule has 0 bridgehead atoms. The lowest BCUT2D eigenvalue weighted by atomic mass is 9.88. The van der Waals surface area contributed by atoms with Crippen LogP contribution < -0.4 is 4.90 Å². The smallest absolute Gasteiger partial charge is 0.0641 e. The fourth-order valence-electron chi connectivity index (χ4n) is 4.56. The van der Waals surface area contributed by atoms with Gasteiger partial charge in [-0.1, -0.05) is 71.9 Å². The second-order valence-electron chi connectivity index (χ2n) is 8.48. The van der Waals surface area contributed by atoms with Gasteiger partial charge in [0.05, 0.1) is 11.9 Å². The third kappa shape index (κ3) is 4.25. The first-order valence-electron chi connectivity index (χ1n) is 11.2. The maximum absolute atomic E-state index is 4.36. The van der Waals surface area contributed by atoms with Gasteiger partial charge in [0.15, 0.2) is 0 Å². The van der Waals surface area contributed by atoms with Crippen LogP contribution in [0.15, 0.2) is 114 Å². The molecule has 5 rings (SSSR count). The van der Waals surface area contributed by atoms with E-state index in [2.05, 4.69) is 95.7 Å². The molecule has 0 saturated heterocycles. The summed E-state index contributed by atoms with van der Waals surface area (Å²) in [5, 5.41) is 0. The zero-order valence-corrected chi connectivity index (χ0v) is 18.0. The van der Waals surface area contributed by atoms with Crippen molar-refractivity contribution in [3.8, 4) is 0 Å². The van der Waals surface area contributed by atoms with Gasteiger partial charge in [-0.2, -0.15) is 0 Å². The van der Waals surface area contributed by atoms with E-state index in [1.165, 1.54) is 33.7 Å². The molecule has 3 aliphatic carbocycles. The lowest BCUT2D eigenvalue weighted by Gasteiger charge is -2.31. The SMILES string of the molecule is Cc1ccc(C2=CC=C(C3C=CC(N(C4=CC=CCC4)c4cccnc4)=CC3)C2)cc1. The number of hydrogen-bond acceptors (Lipinski definition) is 2. The summed E-state index contributed by atoms with van der Waals surface area (Å²) < 4.78 is 0. The van der Waals surface area contributed by atoms with Gasteiger partial charge < -0.3 is 4.90 Å². The second-order valence-corrected chi connectivity index (χ2v) is 8.48. The van der Waals surface area contributed by atoms with Crippen molar-refractivity contribution in [2.24, 2.45) is 5.92 Å². The number of pyridine rings is 1. The second kappa shape index (κ2) is 8.77. The molecule has 0 saturated carbocycles. The standard InChI is InChI=1S/C29H28N2/c1-22-9-11-23(12-10-22)25-13-14-26(20-25)24-15-17-28(18-16-24)31(27-6-3-2-4-7-27)29-8-5-19-30-21-29/h2-3,5-6,8-15,17-19,21,24H,4,7,16,20H2,1H3. The van der Waals surface area contributed by atoms with Gasteiger partial charge in [0.1, 0.15) is 0 Å². The summed E-state index contributed by atoms with van der Waals surface area (Å²) in [5.41, 5.74) is 9.29. The zero-order valence-electron chi connectivity index (χ0n) is 18.0. The highest BCUT2D eigenvalue weighted by Gasteiger charge is 2.22. The van der Waals surface area contributed by atoms with Crippen molar-refractivity contribution in [3.63, 3.8) is 0 Å². The highest BCUT2D eigenvalue weighted by atomic mass is 15.2. The van der Waals surface area contributed by atoms with Crippen LogP contribution in [0.2, 0.25) is 0 Å². The number of allylic oxidation sites excluding steroid dienone is 11. The Hall–Kier alpha value is -3.39. The Morgan fingerprint density at radius 2 is 1.94 bits per heavy atom. The van der Waals surface area contributed by atoms with E-state index < -0.39 is 0 Å². The minimum atomic E-state index is 0.471. The molecule has 31 heavy (non-hydrogen) atoms. The van der Waals surface area contributed by atoms with Crippen LogP contribution in [0.1, 0.15) is 36.8 Å². The molecule has 1 aromatic heterocycles. The Balaban J connectivity index is 1.31. The Morgan fingerprint density at radius 1 is 1.03 bits per heavy atom. The number of nitrogens with zero attached hydrogens (tertiary/aromatic N) is 2. The molecule has 1 unspecified atom stereocenters. The van der Waals surface area contributed by atoms with E-state index in [1.807, 2.05) is 18.5 Å². The van der Waals surface area contributed by atoms with Gasteiger partial charge in [-0.3, -0.25) is 4.98 Å². The van der Waals surface area contributed by atoms with Gasteiger partial charge >= 0.3 is 0 Å². The number of aromatic nitrogens is 1. The van der Waals surface area contributed by atoms with Crippen LogP contribution in [0, 0.1) is 12.8 Å². The average molecular weight is 405 g/mol. The summed E-state index contributed by atoms with van der Waals surface area (Å²) in [6, 6.07) is 13.0. The minimum Gasteiger partial charge on any atom is -0.313 e. The van der Waals surface area contributed by atoms with Crippen LogP contribution in [-0.2, 0) is 0 Å². The Bertz CT molecular complexity index is 1130. The molecule has 1 aromatic carbocycles. The molecule has 0 aliphatic heterocycles. The summed E-state index contributed by atoms with van der Waals surface area (Å²) in [6.07, 6.45) is 26.3.